The van der Waals surface area contributed by atoms with Crippen LogP contribution in [-0.4, -0.2) is 4.98 Å². The van der Waals surface area contributed by atoms with Gasteiger partial charge in [-0.05, 0) is 13.8 Å². The molecule has 11 heavy (non-hydrogen) atoms. The van der Waals surface area contributed by atoms with Crippen LogP contribution < -0.4 is 0 Å². The largest absolute Gasteiger partial charge is 0.432 e. The van der Waals surface area contributed by atoms with Crippen molar-refractivity contribution in [3.63, 3.8) is 0 Å². The van der Waals surface area contributed by atoms with Crippen LogP contribution in [0.4, 0.5) is 0 Å². The van der Waals surface area contributed by atoms with E-state index in [9.17, 15) is 0 Å². The lowest BCUT2D eigenvalue weighted by atomic mass is 10.2. The van der Waals surface area contributed by atoms with Crippen molar-refractivity contribution < 1.29 is 4.42 Å². The van der Waals surface area contributed by atoms with Gasteiger partial charge in [-0.1, -0.05) is 22.6 Å². The molecule has 0 unspecified atom stereocenters. The third-order valence-corrected chi connectivity index (χ3v) is 1.72. The second kappa shape index (κ2) is 2.81. The smallest absolute Gasteiger partial charge is 0.300 e. The molecule has 0 saturated heterocycles. The van der Waals surface area contributed by atoms with Gasteiger partial charge in [0.1, 0.15) is 5.76 Å². The van der Waals surface area contributed by atoms with Crippen LogP contribution in [0.1, 0.15) is 25.5 Å². The Labute approximate surface area is 78.6 Å². The van der Waals surface area contributed by atoms with Gasteiger partial charge in [0, 0.05) is 0 Å². The first-order chi connectivity index (χ1) is 5.04. The zero-order valence-electron chi connectivity index (χ0n) is 6.26. The summed E-state index contributed by atoms with van der Waals surface area (Å²) in [6, 6.07) is 1.84. The molecule has 0 aliphatic heterocycles. The second-order valence-corrected chi connectivity index (χ2v) is 5.31. The molecule has 0 aromatic carbocycles. The van der Waals surface area contributed by atoms with Crippen LogP contribution in [0.2, 0.25) is 0 Å². The van der Waals surface area contributed by atoms with Gasteiger partial charge < -0.3 is 4.42 Å². The average molecular weight is 262 g/mol. The quantitative estimate of drug-likeness (QED) is 0.576. The summed E-state index contributed by atoms with van der Waals surface area (Å²) in [5.41, 5.74) is 0. The van der Waals surface area contributed by atoms with Gasteiger partial charge >= 0.3 is 5.89 Å². The van der Waals surface area contributed by atoms with Crippen molar-refractivity contribution in [1.29, 1.82) is 5.26 Å². The number of rotatable bonds is 1. The third-order valence-electron chi connectivity index (χ3n) is 1.19. The van der Waals surface area contributed by atoms with Crippen LogP contribution >= 0.6 is 22.6 Å². The fraction of sp³-hybridized carbons (Fsp3) is 0.429. The molecule has 1 heterocycles. The normalized spacial score (nSPS) is 11.1. The molecule has 3 nitrogen and oxygen atoms in total. The van der Waals surface area contributed by atoms with E-state index < -0.39 is 0 Å². The van der Waals surface area contributed by atoms with Gasteiger partial charge in [0.2, 0.25) is 0 Å². The van der Waals surface area contributed by atoms with Crippen LogP contribution in [0.25, 0.3) is 0 Å². The highest BCUT2D eigenvalue weighted by atomic mass is 127. The number of alkyl halides is 1. The molecule has 0 radical (unpaired) electrons. The lowest BCUT2D eigenvalue weighted by Gasteiger charge is -2.10. The monoisotopic (exact) mass is 262 g/mol. The van der Waals surface area contributed by atoms with Gasteiger partial charge in [0.15, 0.2) is 6.07 Å². The maximum atomic E-state index is 8.41. The number of halogens is 1. The lowest BCUT2D eigenvalue weighted by molar-refractivity contribution is 0.464. The van der Waals surface area contributed by atoms with Crippen LogP contribution in [0.3, 0.4) is 0 Å². The summed E-state index contributed by atoms with van der Waals surface area (Å²) in [7, 11) is 0. The summed E-state index contributed by atoms with van der Waals surface area (Å²) in [5.74, 6) is 0.861. The maximum absolute atomic E-state index is 8.41. The topological polar surface area (TPSA) is 49.8 Å². The van der Waals surface area contributed by atoms with E-state index in [0.29, 0.717) is 0 Å². The van der Waals surface area contributed by atoms with Crippen molar-refractivity contribution in [2.75, 3.05) is 0 Å². The molecule has 1 rings (SSSR count). The van der Waals surface area contributed by atoms with Crippen LogP contribution in [0.5, 0.6) is 0 Å². The van der Waals surface area contributed by atoms with Crippen LogP contribution in [-0.2, 0) is 3.42 Å². The molecule has 0 saturated carbocycles. The number of oxazole rings is 1. The Hall–Kier alpha value is -0.570. The number of hydrogen-bond donors (Lipinski definition) is 0. The summed E-state index contributed by atoms with van der Waals surface area (Å²) >= 11 is 2.23. The molecule has 0 atom stereocenters. The molecule has 0 N–H and O–H groups in total. The van der Waals surface area contributed by atoms with Crippen molar-refractivity contribution in [2.24, 2.45) is 0 Å². The maximum Gasteiger partial charge on any atom is 0.300 e. The van der Waals surface area contributed by atoms with E-state index in [-0.39, 0.29) is 9.31 Å². The minimum Gasteiger partial charge on any atom is -0.432 e. The summed E-state index contributed by atoms with van der Waals surface area (Å²) in [4.78, 5) is 3.77. The van der Waals surface area contributed by atoms with Crippen molar-refractivity contribution in [3.8, 4) is 6.07 Å². The molecule has 0 fully saturated rings. The van der Waals surface area contributed by atoms with E-state index in [0.717, 1.165) is 5.76 Å². The van der Waals surface area contributed by atoms with Gasteiger partial charge in [0.25, 0.3) is 0 Å². The van der Waals surface area contributed by atoms with Crippen molar-refractivity contribution in [1.82, 2.24) is 4.98 Å². The van der Waals surface area contributed by atoms with Crippen molar-refractivity contribution in [2.45, 2.75) is 17.3 Å². The predicted molar refractivity (Wildman–Crippen MR) is 48.3 cm³/mol. The fourth-order valence-electron chi connectivity index (χ4n) is 0.601. The Balaban J connectivity index is 3.01. The summed E-state index contributed by atoms with van der Waals surface area (Å²) in [5, 5.41) is 8.41. The van der Waals surface area contributed by atoms with E-state index in [2.05, 4.69) is 27.6 Å². The highest BCUT2D eigenvalue weighted by Gasteiger charge is 2.20. The van der Waals surface area contributed by atoms with E-state index in [1.807, 2.05) is 19.9 Å². The SMILES string of the molecule is CC(C)(I)c1cnc(C#N)o1. The zero-order valence-corrected chi connectivity index (χ0v) is 8.42. The Bertz CT molecular complexity index is 292. The van der Waals surface area contributed by atoms with Gasteiger partial charge in [-0.3, -0.25) is 0 Å². The molecule has 0 bridgehead atoms. The standard InChI is InChI=1S/C7H7IN2O/c1-7(2,8)5-4-10-6(3-9)11-5/h4H,1-2H3. The fourth-order valence-corrected chi connectivity index (χ4v) is 0.850. The van der Waals surface area contributed by atoms with E-state index >= 15 is 0 Å². The first-order valence-electron chi connectivity index (χ1n) is 3.09. The molecule has 1 aromatic rings. The molecule has 58 valence electrons. The Morgan fingerprint density at radius 3 is 2.64 bits per heavy atom. The molecule has 0 aliphatic rings. The number of nitriles is 1. The number of nitrogens with zero attached hydrogens (tertiary/aromatic N) is 2. The molecular weight excluding hydrogens is 255 g/mol. The lowest BCUT2D eigenvalue weighted by Crippen LogP contribution is -2.03. The van der Waals surface area contributed by atoms with Gasteiger partial charge in [-0.25, -0.2) is 4.98 Å². The summed E-state index contributed by atoms with van der Waals surface area (Å²) in [6.07, 6.45) is 1.59. The molecule has 0 amide bonds. The molecule has 4 heteroatoms. The van der Waals surface area contributed by atoms with Crippen molar-refractivity contribution >= 4 is 22.6 Å². The Kier molecular flexibility index (Phi) is 2.18. The molecule has 0 aliphatic carbocycles. The van der Waals surface area contributed by atoms with Gasteiger partial charge in [-0.15, -0.1) is 0 Å². The predicted octanol–water partition coefficient (Wildman–Crippen LogP) is 2.22. The molecule has 1 aromatic heterocycles. The highest BCUT2D eigenvalue weighted by Crippen LogP contribution is 2.30. The first kappa shape index (κ1) is 8.53. The van der Waals surface area contributed by atoms with E-state index in [1.54, 1.807) is 6.20 Å². The highest BCUT2D eigenvalue weighted by molar-refractivity contribution is 14.1. The van der Waals surface area contributed by atoms with Gasteiger partial charge in [0.05, 0.1) is 9.62 Å². The van der Waals surface area contributed by atoms with E-state index in [1.165, 1.54) is 0 Å². The Morgan fingerprint density at radius 2 is 2.36 bits per heavy atom. The second-order valence-electron chi connectivity index (χ2n) is 2.61. The zero-order chi connectivity index (χ0) is 8.48. The minimum atomic E-state index is -0.0974. The van der Waals surface area contributed by atoms with E-state index in [4.69, 9.17) is 9.68 Å². The molecule has 0 spiro atoms. The summed E-state index contributed by atoms with van der Waals surface area (Å²) in [6.45, 7) is 3.99. The van der Waals surface area contributed by atoms with Crippen LogP contribution in [0.15, 0.2) is 10.6 Å². The van der Waals surface area contributed by atoms with Gasteiger partial charge in [-0.2, -0.15) is 5.26 Å². The average Bonchev–Trinajstić information content (AvgIpc) is 2.32. The Morgan fingerprint density at radius 1 is 1.73 bits per heavy atom. The minimum absolute atomic E-state index is 0.0974. The number of hydrogen-bond acceptors (Lipinski definition) is 3. The van der Waals surface area contributed by atoms with Crippen LogP contribution in [0, 0.1) is 11.3 Å². The molecular formula is C7H7IN2O. The first-order valence-corrected chi connectivity index (χ1v) is 4.17. The number of aromatic nitrogens is 1. The summed E-state index contributed by atoms with van der Waals surface area (Å²) < 4.78 is 5.02. The van der Waals surface area contributed by atoms with Crippen molar-refractivity contribution in [3.05, 3.63) is 17.8 Å². The third kappa shape index (κ3) is 1.93.